The first kappa shape index (κ1) is 16.7. The van der Waals surface area contributed by atoms with Crippen molar-refractivity contribution in [3.63, 3.8) is 0 Å². The highest BCUT2D eigenvalue weighted by Gasteiger charge is 2.56. The first-order valence-corrected chi connectivity index (χ1v) is 7.59. The molecular formula is C16H19N3O5. The Hall–Kier alpha value is -2.16. The molecule has 1 aromatic heterocycles. The van der Waals surface area contributed by atoms with Gasteiger partial charge in [-0.2, -0.15) is 9.78 Å². The Labute approximate surface area is 139 Å². The zero-order valence-electron chi connectivity index (χ0n) is 14.2. The highest BCUT2D eigenvalue weighted by molar-refractivity contribution is 6.23. The topological polar surface area (TPSA) is 96.9 Å². The van der Waals surface area contributed by atoms with Crippen LogP contribution in [0.5, 0.6) is 0 Å². The molecule has 2 amide bonds. The molecule has 8 nitrogen and oxygen atoms in total. The first-order chi connectivity index (χ1) is 11.3. The standard InChI is InChI=1S/C16H19N3O5/c1-9(2)15(4)14(21)19(10(3)20)13(18-15)12-11(7-6-8-17-12)16(22-5)23-24-16/h6-9H,1-5H3. The van der Waals surface area contributed by atoms with Gasteiger partial charge in [-0.25, -0.2) is 9.89 Å². The summed E-state index contributed by atoms with van der Waals surface area (Å²) >= 11 is 0. The molecule has 1 aromatic rings. The summed E-state index contributed by atoms with van der Waals surface area (Å²) in [5.74, 6) is -2.10. The monoisotopic (exact) mass is 333 g/mol. The van der Waals surface area contributed by atoms with Gasteiger partial charge >= 0.3 is 5.97 Å². The van der Waals surface area contributed by atoms with Crippen molar-refractivity contribution in [1.82, 2.24) is 9.88 Å². The van der Waals surface area contributed by atoms with E-state index < -0.39 is 17.4 Å². The number of aliphatic imine (C=N–C) groups is 1. The summed E-state index contributed by atoms with van der Waals surface area (Å²) in [6.07, 6.45) is 1.54. The number of hydrogen-bond acceptors (Lipinski definition) is 7. The lowest BCUT2D eigenvalue weighted by molar-refractivity contribution is -0.140. The number of nitrogens with zero attached hydrogens (tertiary/aromatic N) is 3. The highest BCUT2D eigenvalue weighted by Crippen LogP contribution is 2.43. The van der Waals surface area contributed by atoms with Crippen molar-refractivity contribution in [3.8, 4) is 0 Å². The van der Waals surface area contributed by atoms with Gasteiger partial charge in [-0.15, -0.1) is 0 Å². The van der Waals surface area contributed by atoms with Gasteiger partial charge in [0.2, 0.25) is 5.91 Å². The normalized spacial score (nSPS) is 25.2. The van der Waals surface area contributed by atoms with Crippen molar-refractivity contribution < 1.29 is 24.1 Å². The van der Waals surface area contributed by atoms with Gasteiger partial charge in [0.1, 0.15) is 11.2 Å². The Morgan fingerprint density at radius 3 is 2.54 bits per heavy atom. The number of amides is 2. The van der Waals surface area contributed by atoms with Crippen molar-refractivity contribution in [1.29, 1.82) is 0 Å². The van der Waals surface area contributed by atoms with Gasteiger partial charge in [0.05, 0.1) is 5.56 Å². The molecular weight excluding hydrogens is 314 g/mol. The highest BCUT2D eigenvalue weighted by atomic mass is 17.4. The zero-order valence-corrected chi connectivity index (χ0v) is 14.2. The lowest BCUT2D eigenvalue weighted by atomic mass is 9.89. The van der Waals surface area contributed by atoms with Crippen molar-refractivity contribution >= 4 is 17.6 Å². The van der Waals surface area contributed by atoms with Gasteiger partial charge in [0, 0.05) is 20.2 Å². The van der Waals surface area contributed by atoms with Crippen LogP contribution in [0.4, 0.5) is 0 Å². The molecule has 1 unspecified atom stereocenters. The number of carbonyl (C=O) groups excluding carboxylic acids is 2. The van der Waals surface area contributed by atoms with E-state index >= 15 is 0 Å². The third-order valence-corrected chi connectivity index (χ3v) is 4.48. The van der Waals surface area contributed by atoms with Crippen LogP contribution in [0.15, 0.2) is 23.3 Å². The van der Waals surface area contributed by atoms with E-state index in [4.69, 9.17) is 14.5 Å². The molecule has 0 aromatic carbocycles. The minimum absolute atomic E-state index is 0.0960. The van der Waals surface area contributed by atoms with Crippen LogP contribution in [-0.2, 0) is 30.1 Å². The van der Waals surface area contributed by atoms with Crippen LogP contribution >= 0.6 is 0 Å². The van der Waals surface area contributed by atoms with Gasteiger partial charge in [-0.1, -0.05) is 13.8 Å². The van der Waals surface area contributed by atoms with Gasteiger partial charge < -0.3 is 4.74 Å². The molecule has 0 saturated carbocycles. The van der Waals surface area contributed by atoms with E-state index in [9.17, 15) is 9.59 Å². The van der Waals surface area contributed by atoms with Crippen LogP contribution < -0.4 is 0 Å². The Morgan fingerprint density at radius 1 is 1.38 bits per heavy atom. The van der Waals surface area contributed by atoms with Crippen LogP contribution in [0.25, 0.3) is 0 Å². The predicted molar refractivity (Wildman–Crippen MR) is 82.4 cm³/mol. The van der Waals surface area contributed by atoms with Crippen LogP contribution in [0, 0.1) is 5.92 Å². The maximum absolute atomic E-state index is 12.8. The third-order valence-electron chi connectivity index (χ3n) is 4.48. The van der Waals surface area contributed by atoms with Crippen molar-refractivity contribution in [2.45, 2.75) is 39.2 Å². The average molecular weight is 333 g/mol. The molecule has 8 heteroatoms. The van der Waals surface area contributed by atoms with Crippen molar-refractivity contribution in [2.75, 3.05) is 7.11 Å². The number of aromatic nitrogens is 1. The molecule has 2 aliphatic rings. The van der Waals surface area contributed by atoms with Gasteiger partial charge in [0.15, 0.2) is 5.84 Å². The summed E-state index contributed by atoms with van der Waals surface area (Å²) in [5, 5.41) is 0. The second-order valence-electron chi connectivity index (χ2n) is 6.22. The smallest absolute Gasteiger partial charge is 0.323 e. The Kier molecular flexibility index (Phi) is 3.78. The fourth-order valence-electron chi connectivity index (χ4n) is 2.60. The van der Waals surface area contributed by atoms with E-state index in [-0.39, 0.29) is 17.7 Å². The minimum Gasteiger partial charge on any atom is -0.323 e. The molecule has 128 valence electrons. The molecule has 3 rings (SSSR count). The molecule has 24 heavy (non-hydrogen) atoms. The van der Waals surface area contributed by atoms with Crippen LogP contribution in [0.1, 0.15) is 39.0 Å². The SMILES string of the molecule is COC1(c2cccnc2C2=NC(C)(C(C)C)C(=O)N2C(C)=O)OO1. The molecule has 0 bridgehead atoms. The van der Waals surface area contributed by atoms with Gasteiger partial charge in [0.25, 0.3) is 5.91 Å². The number of amidine groups is 1. The molecule has 1 saturated heterocycles. The van der Waals surface area contributed by atoms with Crippen molar-refractivity contribution in [2.24, 2.45) is 10.9 Å². The second-order valence-corrected chi connectivity index (χ2v) is 6.22. The average Bonchev–Trinajstić information content (AvgIpc) is 3.29. The maximum Gasteiger partial charge on any atom is 0.369 e. The molecule has 1 fully saturated rings. The lowest BCUT2D eigenvalue weighted by Crippen LogP contribution is -2.46. The number of methoxy groups -OCH3 is 1. The number of hydrogen-bond donors (Lipinski definition) is 0. The Bertz CT molecular complexity index is 741. The fraction of sp³-hybridized carbons (Fsp3) is 0.500. The van der Waals surface area contributed by atoms with E-state index in [2.05, 4.69) is 9.98 Å². The zero-order chi connectivity index (χ0) is 17.7. The van der Waals surface area contributed by atoms with Crippen LogP contribution in [0.3, 0.4) is 0 Å². The summed E-state index contributed by atoms with van der Waals surface area (Å²) in [6.45, 7) is 6.79. The number of imide groups is 1. The summed E-state index contributed by atoms with van der Waals surface area (Å²) in [5.41, 5.74) is -0.288. The number of pyridine rings is 1. The third kappa shape index (κ3) is 2.26. The summed E-state index contributed by atoms with van der Waals surface area (Å²) in [6, 6.07) is 3.37. The summed E-state index contributed by atoms with van der Waals surface area (Å²) < 4.78 is 5.23. The summed E-state index contributed by atoms with van der Waals surface area (Å²) in [4.78, 5) is 44.7. The largest absolute Gasteiger partial charge is 0.369 e. The van der Waals surface area contributed by atoms with Crippen LogP contribution in [-0.4, -0.2) is 40.2 Å². The Balaban J connectivity index is 2.18. The quantitative estimate of drug-likeness (QED) is 0.609. The lowest BCUT2D eigenvalue weighted by Gasteiger charge is -2.24. The summed E-state index contributed by atoms with van der Waals surface area (Å²) in [7, 11) is 1.42. The fourth-order valence-corrected chi connectivity index (χ4v) is 2.60. The molecule has 0 N–H and O–H groups in total. The van der Waals surface area contributed by atoms with E-state index in [0.717, 1.165) is 4.90 Å². The van der Waals surface area contributed by atoms with E-state index in [0.29, 0.717) is 11.3 Å². The minimum atomic E-state index is -1.38. The second kappa shape index (κ2) is 5.44. The molecule has 0 spiro atoms. The number of rotatable bonds is 4. The molecule has 0 radical (unpaired) electrons. The molecule has 0 aliphatic carbocycles. The van der Waals surface area contributed by atoms with Crippen molar-refractivity contribution in [3.05, 3.63) is 29.6 Å². The first-order valence-electron chi connectivity index (χ1n) is 7.59. The predicted octanol–water partition coefficient (Wildman–Crippen LogP) is 1.35. The maximum atomic E-state index is 12.8. The van der Waals surface area contributed by atoms with Crippen LogP contribution in [0.2, 0.25) is 0 Å². The molecule has 2 aliphatic heterocycles. The van der Waals surface area contributed by atoms with E-state index in [1.165, 1.54) is 14.0 Å². The molecule has 1 atom stereocenters. The van der Waals surface area contributed by atoms with Gasteiger partial charge in [-0.05, 0) is 25.0 Å². The van der Waals surface area contributed by atoms with Gasteiger partial charge in [-0.3, -0.25) is 14.6 Å². The van der Waals surface area contributed by atoms with E-state index in [1.54, 1.807) is 25.3 Å². The number of carbonyl (C=O) groups is 2. The Morgan fingerprint density at radius 2 is 2.04 bits per heavy atom. The number of ether oxygens (including phenoxy) is 1. The van der Waals surface area contributed by atoms with E-state index in [1.807, 2.05) is 13.8 Å². The molecule has 3 heterocycles.